The first-order chi connectivity index (χ1) is 20.5. The standard InChI is InChI=1S/C34H37F3N2O4/c1-33(2,37)19-39-11-10-23-12-24(42-18-22-6-4-3-5-7-22)8-9-27(23)32(39)31-28(35)13-25(14-29(31)36)43-26-15-34(16-26)20-38(21-34)17-30(40)41/h3-9,12-14,26,32H,10-11,15-21H2,1-2H3,(H,40,41). The quantitative estimate of drug-likeness (QED) is 0.303. The van der Waals surface area contributed by atoms with E-state index in [-0.39, 0.29) is 35.9 Å². The fraction of sp³-hybridized carbons (Fsp3) is 0.441. The summed E-state index contributed by atoms with van der Waals surface area (Å²) in [6, 6.07) is 17.0. The van der Waals surface area contributed by atoms with Crippen molar-refractivity contribution in [3.8, 4) is 11.5 Å². The van der Waals surface area contributed by atoms with Gasteiger partial charge >= 0.3 is 5.97 Å². The maximum atomic E-state index is 15.8. The molecule has 0 aromatic heterocycles. The molecule has 6 nitrogen and oxygen atoms in total. The molecule has 3 aromatic rings. The Morgan fingerprint density at radius 1 is 1.02 bits per heavy atom. The number of hydrogen-bond acceptors (Lipinski definition) is 5. The number of nitrogens with zero attached hydrogens (tertiary/aromatic N) is 2. The van der Waals surface area contributed by atoms with Gasteiger partial charge in [0.05, 0.1) is 18.7 Å². The topological polar surface area (TPSA) is 62.2 Å². The zero-order chi connectivity index (χ0) is 30.4. The largest absolute Gasteiger partial charge is 0.490 e. The molecule has 1 aliphatic carbocycles. The van der Waals surface area contributed by atoms with Gasteiger partial charge in [-0.2, -0.15) is 0 Å². The highest BCUT2D eigenvalue weighted by atomic mass is 19.1. The highest BCUT2D eigenvalue weighted by Crippen LogP contribution is 2.50. The molecule has 0 amide bonds. The van der Waals surface area contributed by atoms with Crippen LogP contribution in [0, 0.1) is 17.0 Å². The van der Waals surface area contributed by atoms with Gasteiger partial charge in [0.2, 0.25) is 0 Å². The van der Waals surface area contributed by atoms with Crippen LogP contribution in [0.3, 0.4) is 0 Å². The number of likely N-dealkylation sites (tertiary alicyclic amines) is 1. The highest BCUT2D eigenvalue weighted by Gasteiger charge is 2.53. The van der Waals surface area contributed by atoms with E-state index in [0.29, 0.717) is 38.4 Å². The predicted molar refractivity (Wildman–Crippen MR) is 156 cm³/mol. The van der Waals surface area contributed by atoms with Crippen LogP contribution in [0.1, 0.15) is 55.0 Å². The fourth-order valence-electron chi connectivity index (χ4n) is 7.01. The van der Waals surface area contributed by atoms with Crippen LogP contribution >= 0.6 is 0 Å². The minimum Gasteiger partial charge on any atom is -0.490 e. The number of hydrogen-bond donors (Lipinski definition) is 1. The Hall–Kier alpha value is -3.56. The van der Waals surface area contributed by atoms with E-state index in [9.17, 15) is 9.18 Å². The third-order valence-corrected chi connectivity index (χ3v) is 8.70. The van der Waals surface area contributed by atoms with Gasteiger partial charge in [-0.25, -0.2) is 13.2 Å². The molecule has 1 saturated heterocycles. The normalized spacial score (nSPS) is 20.3. The lowest BCUT2D eigenvalue weighted by atomic mass is 9.62. The van der Waals surface area contributed by atoms with Crippen LogP contribution in [0.25, 0.3) is 0 Å². The average Bonchev–Trinajstić information content (AvgIpc) is 2.89. The Morgan fingerprint density at radius 2 is 1.72 bits per heavy atom. The second kappa shape index (κ2) is 11.5. The third-order valence-electron chi connectivity index (χ3n) is 8.70. The Bertz CT molecular complexity index is 1460. The average molecular weight is 595 g/mol. The molecule has 1 unspecified atom stereocenters. The molecular weight excluding hydrogens is 557 g/mol. The minimum absolute atomic E-state index is 0.0174. The van der Waals surface area contributed by atoms with Crippen molar-refractivity contribution in [2.75, 3.05) is 32.7 Å². The van der Waals surface area contributed by atoms with Crippen LogP contribution in [0.5, 0.6) is 11.5 Å². The number of alkyl halides is 1. The van der Waals surface area contributed by atoms with Crippen molar-refractivity contribution in [2.24, 2.45) is 5.41 Å². The lowest BCUT2D eigenvalue weighted by Gasteiger charge is -2.58. The molecule has 0 radical (unpaired) electrons. The summed E-state index contributed by atoms with van der Waals surface area (Å²) in [5, 5.41) is 8.96. The smallest absolute Gasteiger partial charge is 0.317 e. The highest BCUT2D eigenvalue weighted by molar-refractivity contribution is 5.69. The molecule has 9 heteroatoms. The number of carboxylic acids is 1. The molecule has 228 valence electrons. The zero-order valence-electron chi connectivity index (χ0n) is 24.5. The van der Waals surface area contributed by atoms with Crippen molar-refractivity contribution >= 4 is 5.97 Å². The summed E-state index contributed by atoms with van der Waals surface area (Å²) in [5.74, 6) is -1.52. The van der Waals surface area contributed by atoms with Crippen LogP contribution in [-0.2, 0) is 17.8 Å². The van der Waals surface area contributed by atoms with Crippen molar-refractivity contribution in [1.82, 2.24) is 9.80 Å². The monoisotopic (exact) mass is 594 g/mol. The number of carboxylic acid groups (broad SMARTS) is 1. The zero-order valence-corrected chi connectivity index (χ0v) is 24.5. The van der Waals surface area contributed by atoms with E-state index in [1.165, 1.54) is 26.0 Å². The summed E-state index contributed by atoms with van der Waals surface area (Å²) in [4.78, 5) is 14.6. The van der Waals surface area contributed by atoms with Crippen molar-refractivity contribution < 1.29 is 32.5 Å². The Kier molecular flexibility index (Phi) is 7.89. The SMILES string of the molecule is CC(C)(F)CN1CCc2cc(OCc3ccccc3)ccc2C1c1c(F)cc(OC2CC3(C2)CN(CC(=O)O)C3)cc1F. The Balaban J connectivity index is 1.20. The van der Waals surface area contributed by atoms with Gasteiger partial charge in [0.15, 0.2) is 0 Å². The van der Waals surface area contributed by atoms with Crippen LogP contribution in [0.4, 0.5) is 13.2 Å². The van der Waals surface area contributed by atoms with Gasteiger partial charge in [0.1, 0.15) is 35.4 Å². The molecule has 43 heavy (non-hydrogen) atoms. The van der Waals surface area contributed by atoms with Gasteiger partial charge in [-0.15, -0.1) is 0 Å². The number of ether oxygens (including phenoxy) is 2. The van der Waals surface area contributed by atoms with E-state index in [0.717, 1.165) is 29.5 Å². The minimum atomic E-state index is -1.56. The summed E-state index contributed by atoms with van der Waals surface area (Å²) in [6.07, 6.45) is 1.86. The molecule has 3 aliphatic rings. The van der Waals surface area contributed by atoms with E-state index in [2.05, 4.69) is 0 Å². The molecule has 3 aromatic carbocycles. The number of fused-ring (bicyclic) bond motifs is 1. The summed E-state index contributed by atoms with van der Waals surface area (Å²) >= 11 is 0. The molecule has 1 spiro atoms. The number of aliphatic carboxylic acids is 1. The third kappa shape index (κ3) is 6.53. The lowest BCUT2D eigenvalue weighted by molar-refractivity contribution is -0.150. The van der Waals surface area contributed by atoms with E-state index < -0.39 is 29.3 Å². The Morgan fingerprint density at radius 3 is 2.37 bits per heavy atom. The second-order valence-electron chi connectivity index (χ2n) is 13.0. The summed E-state index contributed by atoms with van der Waals surface area (Å²) in [5.41, 5.74) is 1.03. The van der Waals surface area contributed by atoms with Crippen LogP contribution in [0.2, 0.25) is 0 Å². The van der Waals surface area contributed by atoms with Gasteiger partial charge in [-0.1, -0.05) is 36.4 Å². The van der Waals surface area contributed by atoms with Crippen molar-refractivity contribution in [2.45, 2.75) is 57.5 Å². The first kappa shape index (κ1) is 29.5. The fourth-order valence-corrected chi connectivity index (χ4v) is 7.01. The Labute approximate surface area is 250 Å². The summed E-state index contributed by atoms with van der Waals surface area (Å²) in [6.45, 7) is 5.21. The van der Waals surface area contributed by atoms with Crippen molar-refractivity contribution in [1.29, 1.82) is 0 Å². The number of rotatable bonds is 10. The maximum absolute atomic E-state index is 15.8. The first-order valence-electron chi connectivity index (χ1n) is 14.8. The molecule has 1 atom stereocenters. The van der Waals surface area contributed by atoms with E-state index in [1.807, 2.05) is 52.3 Å². The van der Waals surface area contributed by atoms with Crippen molar-refractivity contribution in [3.63, 3.8) is 0 Å². The molecule has 0 bridgehead atoms. The number of halogens is 3. The van der Waals surface area contributed by atoms with Gasteiger partial charge in [-0.3, -0.25) is 14.6 Å². The molecule has 2 heterocycles. The van der Waals surface area contributed by atoms with Crippen molar-refractivity contribution in [3.05, 3.63) is 94.6 Å². The molecule has 2 aliphatic heterocycles. The maximum Gasteiger partial charge on any atom is 0.317 e. The van der Waals surface area contributed by atoms with Crippen LogP contribution in [0.15, 0.2) is 60.7 Å². The molecule has 1 N–H and O–H groups in total. The number of carbonyl (C=O) groups is 1. The van der Waals surface area contributed by atoms with E-state index >= 15 is 8.78 Å². The predicted octanol–water partition coefficient (Wildman–Crippen LogP) is 6.17. The van der Waals surface area contributed by atoms with E-state index in [4.69, 9.17) is 14.6 Å². The molecular formula is C34H37F3N2O4. The first-order valence-corrected chi connectivity index (χ1v) is 14.8. The summed E-state index contributed by atoms with van der Waals surface area (Å²) in [7, 11) is 0. The molecule has 1 saturated carbocycles. The summed E-state index contributed by atoms with van der Waals surface area (Å²) < 4.78 is 58.5. The lowest BCUT2D eigenvalue weighted by Crippen LogP contribution is -2.65. The van der Waals surface area contributed by atoms with Gasteiger partial charge in [0.25, 0.3) is 0 Å². The molecule has 2 fully saturated rings. The van der Waals surface area contributed by atoms with Crippen LogP contribution < -0.4 is 9.47 Å². The molecule has 6 rings (SSSR count). The van der Waals surface area contributed by atoms with Crippen LogP contribution in [-0.4, -0.2) is 65.4 Å². The van der Waals surface area contributed by atoms with E-state index in [1.54, 1.807) is 6.07 Å². The van der Waals surface area contributed by atoms with Gasteiger partial charge in [-0.05, 0) is 61.9 Å². The van der Waals surface area contributed by atoms with Gasteiger partial charge in [0, 0.05) is 49.3 Å². The number of benzene rings is 3. The second-order valence-corrected chi connectivity index (χ2v) is 13.0. The van der Waals surface area contributed by atoms with Gasteiger partial charge < -0.3 is 14.6 Å².